The van der Waals surface area contributed by atoms with Crippen LogP contribution in [-0.4, -0.2) is 33.5 Å². The number of hydrogen-bond acceptors (Lipinski definition) is 4. The van der Waals surface area contributed by atoms with Crippen LogP contribution in [0.25, 0.3) is 10.9 Å². The average Bonchev–Trinajstić information content (AvgIpc) is 3.26. The molecule has 4 rings (SSSR count). The van der Waals surface area contributed by atoms with E-state index in [2.05, 4.69) is 9.97 Å². The summed E-state index contributed by atoms with van der Waals surface area (Å²) in [7, 11) is 0. The first kappa shape index (κ1) is 19.3. The Labute approximate surface area is 169 Å². The highest BCUT2D eigenvalue weighted by Gasteiger charge is 2.29. The predicted molar refractivity (Wildman–Crippen MR) is 112 cm³/mol. The number of nitrogens with zero attached hydrogens (tertiary/aromatic N) is 2. The summed E-state index contributed by atoms with van der Waals surface area (Å²) < 4.78 is 5.61. The quantitative estimate of drug-likeness (QED) is 0.724. The van der Waals surface area contributed by atoms with Crippen LogP contribution < -0.4 is 5.56 Å². The summed E-state index contributed by atoms with van der Waals surface area (Å²) in [5, 5.41) is 0.966. The van der Waals surface area contributed by atoms with Gasteiger partial charge in [-0.05, 0) is 60.9 Å². The maximum absolute atomic E-state index is 13.1. The van der Waals surface area contributed by atoms with Crippen molar-refractivity contribution in [2.75, 3.05) is 6.61 Å². The van der Waals surface area contributed by atoms with Gasteiger partial charge in [-0.2, -0.15) is 0 Å². The number of fused-ring (bicyclic) bond motifs is 1. The highest BCUT2D eigenvalue weighted by molar-refractivity contribution is 5.84. The summed E-state index contributed by atoms with van der Waals surface area (Å²) in [6.07, 6.45) is 4.61. The van der Waals surface area contributed by atoms with Crippen molar-refractivity contribution >= 4 is 16.8 Å². The first-order valence-electron chi connectivity index (χ1n) is 9.94. The van der Waals surface area contributed by atoms with Crippen LogP contribution in [0.5, 0.6) is 0 Å². The molecule has 3 heterocycles. The zero-order valence-corrected chi connectivity index (χ0v) is 16.8. The lowest BCUT2D eigenvalue weighted by atomic mass is 10.0. The topological polar surface area (TPSA) is 75.3 Å². The monoisotopic (exact) mass is 391 g/mol. The number of hydrogen-bond donors (Lipinski definition) is 1. The van der Waals surface area contributed by atoms with E-state index in [-0.39, 0.29) is 18.0 Å². The maximum Gasteiger partial charge on any atom is 0.253 e. The summed E-state index contributed by atoms with van der Waals surface area (Å²) in [5.41, 5.74) is 4.37. The van der Waals surface area contributed by atoms with Gasteiger partial charge in [0.2, 0.25) is 0 Å². The van der Waals surface area contributed by atoms with Gasteiger partial charge in [-0.25, -0.2) is 0 Å². The number of rotatable bonds is 5. The predicted octanol–water partition coefficient (Wildman–Crippen LogP) is 3.25. The third kappa shape index (κ3) is 4.07. The maximum atomic E-state index is 13.1. The van der Waals surface area contributed by atoms with Crippen LogP contribution in [0.1, 0.15) is 35.1 Å². The summed E-state index contributed by atoms with van der Waals surface area (Å²) in [6, 6.07) is 9.71. The Balaban J connectivity index is 1.67. The first-order valence-corrected chi connectivity index (χ1v) is 9.94. The zero-order chi connectivity index (χ0) is 20.4. The van der Waals surface area contributed by atoms with Gasteiger partial charge in [0.1, 0.15) is 6.10 Å². The third-order valence-corrected chi connectivity index (χ3v) is 5.60. The van der Waals surface area contributed by atoms with Crippen LogP contribution in [0.3, 0.4) is 0 Å². The van der Waals surface area contributed by atoms with E-state index in [0.717, 1.165) is 40.4 Å². The molecule has 0 radical (unpaired) electrons. The number of aromatic amines is 1. The fraction of sp³-hybridized carbons (Fsp3) is 0.348. The lowest BCUT2D eigenvalue weighted by Crippen LogP contribution is -2.39. The summed E-state index contributed by atoms with van der Waals surface area (Å²) in [6.45, 7) is 5.24. The van der Waals surface area contributed by atoms with Crippen molar-refractivity contribution < 1.29 is 9.53 Å². The fourth-order valence-electron chi connectivity index (χ4n) is 3.79. The highest BCUT2D eigenvalue weighted by atomic mass is 16.5. The summed E-state index contributed by atoms with van der Waals surface area (Å²) in [4.78, 5) is 34.7. The van der Waals surface area contributed by atoms with E-state index in [1.54, 1.807) is 17.3 Å². The SMILES string of the molecule is Cc1ccc2cc(CN(Cc3cccnc3)C(=O)[C@H]3CCCO3)c(=O)[nH]c2c1C. The molecule has 0 aliphatic carbocycles. The molecular weight excluding hydrogens is 366 g/mol. The van der Waals surface area contributed by atoms with Crippen molar-refractivity contribution in [2.45, 2.75) is 45.9 Å². The average molecular weight is 391 g/mol. The van der Waals surface area contributed by atoms with Crippen LogP contribution in [0.4, 0.5) is 0 Å². The van der Waals surface area contributed by atoms with Gasteiger partial charge >= 0.3 is 0 Å². The molecule has 150 valence electrons. The highest BCUT2D eigenvalue weighted by Crippen LogP contribution is 2.21. The molecule has 6 heteroatoms. The molecule has 1 aliphatic rings. The molecule has 0 saturated carbocycles. The van der Waals surface area contributed by atoms with E-state index in [4.69, 9.17) is 4.74 Å². The Hall–Kier alpha value is -2.99. The molecular formula is C23H25N3O3. The third-order valence-electron chi connectivity index (χ3n) is 5.60. The molecule has 1 N–H and O–H groups in total. The molecule has 1 amide bonds. The van der Waals surface area contributed by atoms with Crippen LogP contribution in [-0.2, 0) is 22.6 Å². The van der Waals surface area contributed by atoms with Crippen molar-refractivity contribution in [3.8, 4) is 0 Å². The van der Waals surface area contributed by atoms with E-state index in [9.17, 15) is 9.59 Å². The molecule has 0 bridgehead atoms. The lowest BCUT2D eigenvalue weighted by Gasteiger charge is -2.25. The van der Waals surface area contributed by atoms with Crippen LogP contribution in [0.15, 0.2) is 47.5 Å². The minimum Gasteiger partial charge on any atom is -0.368 e. The second-order valence-corrected chi connectivity index (χ2v) is 7.65. The van der Waals surface area contributed by atoms with Gasteiger partial charge in [-0.1, -0.05) is 18.2 Å². The number of nitrogens with one attached hydrogen (secondary N) is 1. The Bertz CT molecular complexity index is 1090. The molecule has 2 aromatic heterocycles. The van der Waals surface area contributed by atoms with Gasteiger partial charge in [0.25, 0.3) is 11.5 Å². The number of ether oxygens (including phenoxy) is 1. The Morgan fingerprint density at radius 3 is 2.86 bits per heavy atom. The number of benzene rings is 1. The molecule has 3 aromatic rings. The van der Waals surface area contributed by atoms with E-state index in [0.29, 0.717) is 18.7 Å². The van der Waals surface area contributed by atoms with Gasteiger partial charge in [-0.15, -0.1) is 0 Å². The van der Waals surface area contributed by atoms with Gasteiger partial charge in [0.15, 0.2) is 0 Å². The Morgan fingerprint density at radius 2 is 2.14 bits per heavy atom. The van der Waals surface area contributed by atoms with E-state index in [1.165, 1.54) is 0 Å². The van der Waals surface area contributed by atoms with Crippen molar-refractivity contribution in [1.29, 1.82) is 0 Å². The Morgan fingerprint density at radius 1 is 1.28 bits per heavy atom. The van der Waals surface area contributed by atoms with Crippen molar-refractivity contribution in [1.82, 2.24) is 14.9 Å². The minimum absolute atomic E-state index is 0.0778. The minimum atomic E-state index is -0.434. The van der Waals surface area contributed by atoms with Crippen molar-refractivity contribution in [3.05, 3.63) is 75.3 Å². The number of carbonyl (C=O) groups is 1. The largest absolute Gasteiger partial charge is 0.368 e. The second-order valence-electron chi connectivity index (χ2n) is 7.65. The molecule has 6 nitrogen and oxygen atoms in total. The van der Waals surface area contributed by atoms with Crippen LogP contribution >= 0.6 is 0 Å². The van der Waals surface area contributed by atoms with E-state index < -0.39 is 6.10 Å². The molecule has 1 fully saturated rings. The molecule has 1 atom stereocenters. The molecule has 1 saturated heterocycles. The number of amides is 1. The number of aryl methyl sites for hydroxylation is 2. The van der Waals surface area contributed by atoms with Gasteiger partial charge in [0.05, 0.1) is 12.1 Å². The first-order chi connectivity index (χ1) is 14.0. The molecule has 1 aliphatic heterocycles. The van der Waals surface area contributed by atoms with Crippen molar-refractivity contribution in [2.24, 2.45) is 0 Å². The van der Waals surface area contributed by atoms with Crippen molar-refractivity contribution in [3.63, 3.8) is 0 Å². The molecule has 1 aromatic carbocycles. The number of H-pyrrole nitrogens is 1. The smallest absolute Gasteiger partial charge is 0.253 e. The van der Waals surface area contributed by atoms with Gasteiger partial charge in [0, 0.05) is 31.1 Å². The van der Waals surface area contributed by atoms with Gasteiger partial charge < -0.3 is 14.6 Å². The molecule has 29 heavy (non-hydrogen) atoms. The summed E-state index contributed by atoms with van der Waals surface area (Å²) >= 11 is 0. The van der Waals surface area contributed by atoms with Gasteiger partial charge in [-0.3, -0.25) is 14.6 Å². The second kappa shape index (κ2) is 8.17. The number of aromatic nitrogens is 2. The summed E-state index contributed by atoms with van der Waals surface area (Å²) in [5.74, 6) is -0.0778. The normalized spacial score (nSPS) is 16.3. The molecule has 0 unspecified atom stereocenters. The Kier molecular flexibility index (Phi) is 5.45. The number of carbonyl (C=O) groups excluding carboxylic acids is 1. The standard InChI is InChI=1S/C23H25N3O3/c1-15-7-8-18-11-19(22(27)25-21(18)16(15)2)14-26(13-17-5-3-9-24-12-17)23(28)20-6-4-10-29-20/h3,5,7-9,11-12,20H,4,6,10,13-14H2,1-2H3,(H,25,27)/t20-/m1/s1. The van der Waals surface area contributed by atoms with E-state index >= 15 is 0 Å². The van der Waals surface area contributed by atoms with Crippen LogP contribution in [0, 0.1) is 13.8 Å². The lowest BCUT2D eigenvalue weighted by molar-refractivity contribution is -0.142. The fourth-order valence-corrected chi connectivity index (χ4v) is 3.79. The van der Waals surface area contributed by atoms with Crippen LogP contribution in [0.2, 0.25) is 0 Å². The van der Waals surface area contributed by atoms with E-state index in [1.807, 2.05) is 44.2 Å². The zero-order valence-electron chi connectivity index (χ0n) is 16.8. The number of pyridine rings is 2. The molecule has 0 spiro atoms.